The van der Waals surface area contributed by atoms with Gasteiger partial charge in [-0.3, -0.25) is 14.4 Å². The molecule has 83 heavy (non-hydrogen) atoms. The molecule has 0 bridgehead atoms. The van der Waals surface area contributed by atoms with Crippen LogP contribution >= 0.6 is 0 Å². The third-order valence-electron chi connectivity index (χ3n) is 14.3. The molecule has 0 heterocycles. The molecule has 0 saturated heterocycles. The highest BCUT2D eigenvalue weighted by Crippen LogP contribution is 2.15. The SMILES string of the molecule is CC/C=C\C/C=C\C/C=C\C/C=C\C/C=C\C/C=C\C/C=C\C/C=C\C/C=C\CCCCCC(=O)OCC(COC(=O)CCCCCCCCCCCCC)OC(=O)CCCCCCCCCC/C=C\C/C=C\C/C=C\CCCCCCC. The maximum absolute atomic E-state index is 12.9. The fourth-order valence-electron chi connectivity index (χ4n) is 9.21. The van der Waals surface area contributed by atoms with E-state index in [-0.39, 0.29) is 31.1 Å². The topological polar surface area (TPSA) is 78.9 Å². The minimum absolute atomic E-state index is 0.0940. The van der Waals surface area contributed by atoms with Gasteiger partial charge in [0.05, 0.1) is 0 Å². The van der Waals surface area contributed by atoms with Crippen LogP contribution in [0.5, 0.6) is 0 Å². The van der Waals surface area contributed by atoms with Gasteiger partial charge in [-0.1, -0.05) is 301 Å². The Kier molecular flexibility index (Phi) is 65.8. The molecule has 6 heteroatoms. The van der Waals surface area contributed by atoms with Gasteiger partial charge in [0.15, 0.2) is 6.10 Å². The quantitative estimate of drug-likeness (QED) is 0.0261. The van der Waals surface area contributed by atoms with Gasteiger partial charge >= 0.3 is 17.9 Å². The average Bonchev–Trinajstić information content (AvgIpc) is 3.48. The van der Waals surface area contributed by atoms with Crippen LogP contribution in [0, 0.1) is 0 Å². The number of carbonyl (C=O) groups excluding carboxylic acids is 3. The van der Waals surface area contributed by atoms with Crippen LogP contribution < -0.4 is 0 Å². The van der Waals surface area contributed by atoms with E-state index < -0.39 is 6.10 Å². The molecule has 0 amide bonds. The van der Waals surface area contributed by atoms with Crippen molar-refractivity contribution in [2.24, 2.45) is 0 Å². The lowest BCUT2D eigenvalue weighted by Gasteiger charge is -2.18. The summed E-state index contributed by atoms with van der Waals surface area (Å²) < 4.78 is 16.9. The summed E-state index contributed by atoms with van der Waals surface area (Å²) in [6.45, 7) is 6.49. The van der Waals surface area contributed by atoms with Gasteiger partial charge < -0.3 is 14.2 Å². The average molecular weight is 1150 g/mol. The van der Waals surface area contributed by atoms with E-state index in [1.165, 1.54) is 122 Å². The highest BCUT2D eigenvalue weighted by atomic mass is 16.6. The van der Waals surface area contributed by atoms with Gasteiger partial charge in [0, 0.05) is 19.3 Å². The summed E-state index contributed by atoms with van der Waals surface area (Å²) in [7, 11) is 0. The van der Waals surface area contributed by atoms with Crippen LogP contribution in [0.15, 0.2) is 146 Å². The van der Waals surface area contributed by atoms with Gasteiger partial charge in [-0.05, 0) is 128 Å². The molecule has 0 aliphatic carbocycles. The van der Waals surface area contributed by atoms with E-state index in [1.807, 2.05) is 0 Å². The zero-order valence-corrected chi connectivity index (χ0v) is 53.9. The monoisotopic (exact) mass is 1150 g/mol. The Labute approximate surface area is 512 Å². The number of hydrogen-bond donors (Lipinski definition) is 0. The van der Waals surface area contributed by atoms with Gasteiger partial charge in [-0.2, -0.15) is 0 Å². The first-order valence-corrected chi connectivity index (χ1v) is 34.3. The number of allylic oxidation sites excluding steroid dienone is 24. The number of hydrogen-bond acceptors (Lipinski definition) is 6. The maximum atomic E-state index is 12.9. The number of rotatable bonds is 61. The molecule has 0 aromatic rings. The molecular weight excluding hydrogens is 1020 g/mol. The first-order valence-electron chi connectivity index (χ1n) is 34.3. The molecule has 0 aliphatic rings. The lowest BCUT2D eigenvalue weighted by atomic mass is 10.1. The standard InChI is InChI=1S/C77H126O6/c1-4-7-10-13-16-19-22-24-26-28-30-32-34-35-36-37-38-39-40-41-43-44-46-48-50-52-55-58-61-64-67-70-76(79)82-73-74(72-81-75(78)69-66-63-60-57-54-21-18-15-12-9-6-3)83-77(80)71-68-65-62-59-56-53-51-49-47-45-42-33-31-29-27-25-23-20-17-14-11-8-5-2/h7,10,16,19,23-26,29-32,35-36,38-39,41-43,45-46,48,52,55,74H,4-6,8-9,11-15,17-18,20-22,27-28,33-34,37,40,44,47,49-51,53-54,56-73H2,1-3H3/b10-7-,19-16-,25-23-,26-24-,31-29-,32-30-,36-35-,39-38-,43-41-,45-42-,48-46-,55-52-. The van der Waals surface area contributed by atoms with E-state index >= 15 is 0 Å². The molecule has 1 atom stereocenters. The summed E-state index contributed by atoms with van der Waals surface area (Å²) in [5.74, 6) is -0.933. The highest BCUT2D eigenvalue weighted by Gasteiger charge is 2.19. The first-order chi connectivity index (χ1) is 41.0. The van der Waals surface area contributed by atoms with Crippen LogP contribution in [0.4, 0.5) is 0 Å². The van der Waals surface area contributed by atoms with Crippen molar-refractivity contribution >= 4 is 17.9 Å². The Balaban J connectivity index is 4.37. The zero-order valence-electron chi connectivity index (χ0n) is 53.9. The lowest BCUT2D eigenvalue weighted by molar-refractivity contribution is -0.167. The Hall–Kier alpha value is -4.71. The summed E-state index contributed by atoms with van der Waals surface area (Å²) >= 11 is 0. The molecule has 6 nitrogen and oxygen atoms in total. The molecule has 0 fully saturated rings. The second-order valence-corrected chi connectivity index (χ2v) is 22.4. The van der Waals surface area contributed by atoms with Gasteiger partial charge in [0.1, 0.15) is 13.2 Å². The number of esters is 3. The maximum Gasteiger partial charge on any atom is 0.306 e. The van der Waals surface area contributed by atoms with Crippen molar-refractivity contribution in [3.63, 3.8) is 0 Å². The second kappa shape index (κ2) is 69.8. The molecule has 0 N–H and O–H groups in total. The smallest absolute Gasteiger partial charge is 0.306 e. The van der Waals surface area contributed by atoms with Gasteiger partial charge in [0.25, 0.3) is 0 Å². The van der Waals surface area contributed by atoms with E-state index in [4.69, 9.17) is 14.2 Å². The van der Waals surface area contributed by atoms with E-state index in [1.54, 1.807) is 0 Å². The van der Waals surface area contributed by atoms with Crippen molar-refractivity contribution in [2.45, 2.75) is 309 Å². The van der Waals surface area contributed by atoms with Crippen LogP contribution in [0.1, 0.15) is 303 Å². The fourth-order valence-corrected chi connectivity index (χ4v) is 9.21. The Morgan fingerprint density at radius 1 is 0.253 bits per heavy atom. The summed E-state index contributed by atoms with van der Waals surface area (Å²) in [4.78, 5) is 38.3. The normalized spacial score (nSPS) is 13.0. The van der Waals surface area contributed by atoms with Crippen LogP contribution in [0.25, 0.3) is 0 Å². The number of unbranched alkanes of at least 4 members (excludes halogenated alkanes) is 26. The minimum atomic E-state index is -0.801. The van der Waals surface area contributed by atoms with Crippen LogP contribution in [0.3, 0.4) is 0 Å². The van der Waals surface area contributed by atoms with Gasteiger partial charge in [-0.15, -0.1) is 0 Å². The Morgan fingerprint density at radius 2 is 0.470 bits per heavy atom. The van der Waals surface area contributed by atoms with E-state index in [0.717, 1.165) is 141 Å². The molecule has 0 spiro atoms. The highest BCUT2D eigenvalue weighted by molar-refractivity contribution is 5.71. The first kappa shape index (κ1) is 78.3. The molecule has 0 saturated carbocycles. The molecule has 0 radical (unpaired) electrons. The van der Waals surface area contributed by atoms with Gasteiger partial charge in [0.2, 0.25) is 0 Å². The van der Waals surface area contributed by atoms with Gasteiger partial charge in [-0.25, -0.2) is 0 Å². The molecule has 0 aromatic heterocycles. The lowest BCUT2D eigenvalue weighted by Crippen LogP contribution is -2.30. The Bertz CT molecular complexity index is 1800. The van der Waals surface area contributed by atoms with Crippen molar-refractivity contribution in [3.05, 3.63) is 146 Å². The summed E-state index contributed by atoms with van der Waals surface area (Å²) in [6, 6.07) is 0. The third kappa shape index (κ3) is 68.0. The zero-order chi connectivity index (χ0) is 59.9. The molecular formula is C77H126O6. The van der Waals surface area contributed by atoms with E-state index in [2.05, 4.69) is 167 Å². The van der Waals surface area contributed by atoms with Crippen molar-refractivity contribution in [2.75, 3.05) is 13.2 Å². The largest absolute Gasteiger partial charge is 0.462 e. The predicted molar refractivity (Wildman–Crippen MR) is 362 cm³/mol. The number of ether oxygens (including phenoxy) is 3. The van der Waals surface area contributed by atoms with Crippen molar-refractivity contribution in [1.29, 1.82) is 0 Å². The Morgan fingerprint density at radius 3 is 0.747 bits per heavy atom. The van der Waals surface area contributed by atoms with Crippen LogP contribution in [-0.4, -0.2) is 37.2 Å². The summed E-state index contributed by atoms with van der Waals surface area (Å²) in [5, 5.41) is 0. The molecule has 1 unspecified atom stereocenters. The molecule has 0 rings (SSSR count). The summed E-state index contributed by atoms with van der Waals surface area (Å²) in [5.41, 5.74) is 0. The predicted octanol–water partition coefficient (Wildman–Crippen LogP) is 23.9. The van der Waals surface area contributed by atoms with Crippen molar-refractivity contribution in [1.82, 2.24) is 0 Å². The van der Waals surface area contributed by atoms with Crippen molar-refractivity contribution < 1.29 is 28.6 Å². The molecule has 470 valence electrons. The fraction of sp³-hybridized carbons (Fsp3) is 0.649. The van der Waals surface area contributed by atoms with E-state index in [9.17, 15) is 14.4 Å². The minimum Gasteiger partial charge on any atom is -0.462 e. The summed E-state index contributed by atoms with van der Waals surface area (Å²) in [6.07, 6.45) is 100. The number of carbonyl (C=O) groups is 3. The van der Waals surface area contributed by atoms with Crippen LogP contribution in [-0.2, 0) is 28.6 Å². The van der Waals surface area contributed by atoms with Crippen molar-refractivity contribution in [3.8, 4) is 0 Å². The molecule has 0 aliphatic heterocycles. The third-order valence-corrected chi connectivity index (χ3v) is 14.3. The second-order valence-electron chi connectivity index (χ2n) is 22.4. The molecule has 0 aromatic carbocycles. The van der Waals surface area contributed by atoms with E-state index in [0.29, 0.717) is 19.3 Å². The van der Waals surface area contributed by atoms with Crippen LogP contribution in [0.2, 0.25) is 0 Å².